The molecule has 1 saturated heterocycles. The third-order valence-electron chi connectivity index (χ3n) is 3.33. The van der Waals surface area contributed by atoms with E-state index in [1.54, 1.807) is 0 Å². The van der Waals surface area contributed by atoms with Gasteiger partial charge in [-0.15, -0.1) is 0 Å². The molecule has 0 bridgehead atoms. The van der Waals surface area contributed by atoms with E-state index in [1.165, 1.54) is 0 Å². The number of hydrogen-bond acceptors (Lipinski definition) is 2. The van der Waals surface area contributed by atoms with E-state index in [4.69, 9.17) is 9.73 Å². The van der Waals surface area contributed by atoms with E-state index in [9.17, 15) is 0 Å². The first-order valence-electron chi connectivity index (χ1n) is 7.20. The van der Waals surface area contributed by atoms with Crippen molar-refractivity contribution >= 4 is 17.3 Å². The highest BCUT2D eigenvalue weighted by Gasteiger charge is 2.15. The van der Waals surface area contributed by atoms with E-state index in [0.717, 1.165) is 43.6 Å². The van der Waals surface area contributed by atoms with Crippen LogP contribution in [0.25, 0.3) is 0 Å². The van der Waals surface area contributed by atoms with Gasteiger partial charge in [0.15, 0.2) is 0 Å². The van der Waals surface area contributed by atoms with E-state index < -0.39 is 0 Å². The van der Waals surface area contributed by atoms with Crippen LogP contribution in [0.1, 0.15) is 0 Å². The molecular weight excluding hydrogens is 389 g/mol. The second-order valence-corrected chi connectivity index (χ2v) is 4.86. The molecule has 0 saturated carbocycles. The molecule has 5 heteroatoms. The van der Waals surface area contributed by atoms with E-state index in [1.807, 2.05) is 60.7 Å². The fourth-order valence-electron chi connectivity index (χ4n) is 2.23. The van der Waals surface area contributed by atoms with Gasteiger partial charge in [0.2, 0.25) is 5.96 Å². The average Bonchev–Trinajstić information content (AvgIpc) is 2.57. The first-order valence-corrected chi connectivity index (χ1v) is 7.20. The normalized spacial score (nSPS) is 15.1. The molecule has 116 valence electrons. The Hall–Kier alpha value is -1.60. The lowest BCUT2D eigenvalue weighted by Gasteiger charge is -2.30. The van der Waals surface area contributed by atoms with Crippen molar-refractivity contribution in [2.75, 3.05) is 31.6 Å². The maximum absolute atomic E-state index is 5.43. The Morgan fingerprint density at radius 2 is 1.50 bits per heavy atom. The average molecular weight is 408 g/mol. The minimum atomic E-state index is 0. The Kier molecular flexibility index (Phi) is 6.67. The van der Waals surface area contributed by atoms with Crippen molar-refractivity contribution in [2.45, 2.75) is 0 Å². The molecule has 0 atom stereocenters. The van der Waals surface area contributed by atoms with Crippen LogP contribution in [0.5, 0.6) is 0 Å². The largest absolute Gasteiger partial charge is 1.00 e. The fourth-order valence-corrected chi connectivity index (χ4v) is 2.23. The molecule has 0 radical (unpaired) electrons. The number of nitrogens with one attached hydrogen (secondary N) is 1. The van der Waals surface area contributed by atoms with Crippen LogP contribution >= 0.6 is 0 Å². The van der Waals surface area contributed by atoms with Crippen molar-refractivity contribution in [3.63, 3.8) is 0 Å². The number of guanidine groups is 1. The molecule has 2 aromatic carbocycles. The second kappa shape index (κ2) is 8.75. The minimum absolute atomic E-state index is 0. The van der Waals surface area contributed by atoms with Crippen molar-refractivity contribution in [2.24, 2.45) is 4.99 Å². The quantitative estimate of drug-likeness (QED) is 0.436. The van der Waals surface area contributed by atoms with Gasteiger partial charge in [0.25, 0.3) is 0 Å². The molecule has 1 aliphatic heterocycles. The molecule has 0 unspecified atom stereocenters. The van der Waals surface area contributed by atoms with Crippen molar-refractivity contribution in [3.05, 3.63) is 60.7 Å². The summed E-state index contributed by atoms with van der Waals surface area (Å²) in [6, 6.07) is 20.1. The number of morpholine rings is 1. The lowest BCUT2D eigenvalue weighted by atomic mass is 10.3. The zero-order chi connectivity index (χ0) is 14.3. The van der Waals surface area contributed by atoms with Crippen LogP contribution in [0.3, 0.4) is 0 Å². The highest BCUT2D eigenvalue weighted by atomic mass is 127. The summed E-state index contributed by atoms with van der Waals surface area (Å²) in [6.45, 7) is 3.19. The zero-order valence-electron chi connectivity index (χ0n) is 12.3. The molecule has 3 rings (SSSR count). The molecule has 1 fully saturated rings. The van der Waals surface area contributed by atoms with Gasteiger partial charge >= 0.3 is 0 Å². The number of anilines is 1. The summed E-state index contributed by atoms with van der Waals surface area (Å²) in [7, 11) is 0. The summed E-state index contributed by atoms with van der Waals surface area (Å²) in [5, 5.41) is 3.42. The number of para-hydroxylation sites is 2. The number of benzene rings is 2. The van der Waals surface area contributed by atoms with Crippen LogP contribution in [0.15, 0.2) is 65.7 Å². The van der Waals surface area contributed by atoms with Crippen LogP contribution in [-0.2, 0) is 4.74 Å². The van der Waals surface area contributed by atoms with Gasteiger partial charge in [0, 0.05) is 18.8 Å². The molecule has 0 aromatic heterocycles. The SMILES string of the molecule is [I-].c1ccc(N=C(Nc2ccccc2)N2CCOCC2)cc1. The number of nitrogens with zero attached hydrogens (tertiary/aromatic N) is 2. The van der Waals surface area contributed by atoms with Crippen molar-refractivity contribution in [1.29, 1.82) is 0 Å². The van der Waals surface area contributed by atoms with Gasteiger partial charge in [0.05, 0.1) is 18.9 Å². The second-order valence-electron chi connectivity index (χ2n) is 4.86. The number of ether oxygens (including phenoxy) is 1. The number of hydrogen-bond donors (Lipinski definition) is 1. The van der Waals surface area contributed by atoms with Crippen LogP contribution in [-0.4, -0.2) is 37.2 Å². The van der Waals surface area contributed by atoms with Crippen LogP contribution in [0, 0.1) is 0 Å². The maximum atomic E-state index is 5.43. The minimum Gasteiger partial charge on any atom is -1.00 e. The van der Waals surface area contributed by atoms with Gasteiger partial charge in [-0.05, 0) is 24.3 Å². The topological polar surface area (TPSA) is 36.9 Å². The first-order chi connectivity index (χ1) is 10.4. The summed E-state index contributed by atoms with van der Waals surface area (Å²) in [5.74, 6) is 0.871. The van der Waals surface area contributed by atoms with Crippen molar-refractivity contribution in [3.8, 4) is 0 Å². The molecule has 0 aliphatic carbocycles. The lowest BCUT2D eigenvalue weighted by molar-refractivity contribution is -0.00000500. The molecule has 0 amide bonds. The van der Waals surface area contributed by atoms with E-state index >= 15 is 0 Å². The summed E-state index contributed by atoms with van der Waals surface area (Å²) in [6.07, 6.45) is 0. The Morgan fingerprint density at radius 3 is 2.14 bits per heavy atom. The first kappa shape index (κ1) is 16.8. The van der Waals surface area contributed by atoms with Crippen molar-refractivity contribution in [1.82, 2.24) is 4.90 Å². The monoisotopic (exact) mass is 408 g/mol. The molecular formula is C17H19IN3O-. The lowest BCUT2D eigenvalue weighted by Crippen LogP contribution is -3.00. The van der Waals surface area contributed by atoms with E-state index in [-0.39, 0.29) is 24.0 Å². The Balaban J connectivity index is 0.00000176. The van der Waals surface area contributed by atoms with Gasteiger partial charge in [-0.2, -0.15) is 0 Å². The number of aliphatic imine (C=N–C) groups is 1. The van der Waals surface area contributed by atoms with Gasteiger partial charge in [-0.25, -0.2) is 4.99 Å². The third-order valence-corrected chi connectivity index (χ3v) is 3.33. The Bertz CT molecular complexity index is 583. The predicted octanol–water partition coefficient (Wildman–Crippen LogP) is 0.122. The molecule has 1 aliphatic rings. The van der Waals surface area contributed by atoms with Gasteiger partial charge in [-0.3, -0.25) is 0 Å². The smallest absolute Gasteiger partial charge is 0.203 e. The number of halogens is 1. The molecule has 2 aromatic rings. The van der Waals surface area contributed by atoms with Gasteiger partial charge in [0.1, 0.15) is 0 Å². The Labute approximate surface area is 148 Å². The molecule has 1 N–H and O–H groups in total. The molecule has 1 heterocycles. The van der Waals surface area contributed by atoms with E-state index in [2.05, 4.69) is 10.2 Å². The summed E-state index contributed by atoms with van der Waals surface area (Å²) in [4.78, 5) is 6.98. The van der Waals surface area contributed by atoms with Crippen LogP contribution < -0.4 is 29.3 Å². The summed E-state index contributed by atoms with van der Waals surface area (Å²) >= 11 is 0. The summed E-state index contributed by atoms with van der Waals surface area (Å²) < 4.78 is 5.43. The zero-order valence-corrected chi connectivity index (χ0v) is 14.4. The van der Waals surface area contributed by atoms with Crippen LogP contribution in [0.2, 0.25) is 0 Å². The highest BCUT2D eigenvalue weighted by molar-refractivity contribution is 5.95. The fraction of sp³-hybridized carbons (Fsp3) is 0.235. The molecule has 4 nitrogen and oxygen atoms in total. The molecule has 0 spiro atoms. The Morgan fingerprint density at radius 1 is 0.909 bits per heavy atom. The standard InChI is InChI=1S/C17H19N3O.HI/c1-3-7-15(8-4-1)18-17(20-11-13-21-14-12-20)19-16-9-5-2-6-10-16;/h1-10H,11-14H2,(H,18,19);1H/p-1. The molecule has 22 heavy (non-hydrogen) atoms. The van der Waals surface area contributed by atoms with Crippen molar-refractivity contribution < 1.29 is 28.7 Å². The highest BCUT2D eigenvalue weighted by Crippen LogP contribution is 2.14. The third kappa shape index (κ3) is 4.71. The van der Waals surface area contributed by atoms with E-state index in [0.29, 0.717) is 0 Å². The maximum Gasteiger partial charge on any atom is 0.203 e. The number of rotatable bonds is 2. The summed E-state index contributed by atoms with van der Waals surface area (Å²) in [5.41, 5.74) is 1.99. The van der Waals surface area contributed by atoms with Crippen LogP contribution in [0.4, 0.5) is 11.4 Å². The van der Waals surface area contributed by atoms with Gasteiger partial charge in [-0.1, -0.05) is 36.4 Å². The predicted molar refractivity (Wildman–Crippen MR) is 86.0 cm³/mol. The van der Waals surface area contributed by atoms with Gasteiger partial charge < -0.3 is 38.9 Å².